The lowest BCUT2D eigenvalue weighted by molar-refractivity contribution is -0.121. The van der Waals surface area contributed by atoms with Crippen LogP contribution >= 0.6 is 11.8 Å². The Morgan fingerprint density at radius 3 is 2.25 bits per heavy atom. The Hall–Kier alpha value is -3.05. The molecule has 1 amide bonds. The number of benzene rings is 3. The van der Waals surface area contributed by atoms with Crippen LogP contribution in [-0.2, 0) is 23.6 Å². The highest BCUT2D eigenvalue weighted by atomic mass is 32.2. The second kappa shape index (κ2) is 8.76. The summed E-state index contributed by atoms with van der Waals surface area (Å²) in [5, 5.41) is 3.87. The van der Waals surface area contributed by atoms with Crippen molar-refractivity contribution in [2.75, 3.05) is 0 Å². The molecule has 5 heteroatoms. The molecule has 1 N–H and O–H groups in total. The number of fused-ring (bicyclic) bond motifs is 1. The van der Waals surface area contributed by atoms with Gasteiger partial charge in [-0.25, -0.2) is 4.98 Å². The Kier molecular flexibility index (Phi) is 5.73. The van der Waals surface area contributed by atoms with Gasteiger partial charge in [0.15, 0.2) is 5.16 Å². The summed E-state index contributed by atoms with van der Waals surface area (Å²) in [4.78, 5) is 17.3. The Bertz CT molecular complexity index is 1060. The van der Waals surface area contributed by atoms with Gasteiger partial charge in [-0.05, 0) is 23.3 Å². The van der Waals surface area contributed by atoms with Gasteiger partial charge in [0.1, 0.15) is 6.54 Å². The van der Waals surface area contributed by atoms with Crippen molar-refractivity contribution >= 4 is 28.7 Å². The van der Waals surface area contributed by atoms with Crippen molar-refractivity contribution in [1.29, 1.82) is 0 Å². The van der Waals surface area contributed by atoms with Crippen LogP contribution in [0.3, 0.4) is 0 Å². The number of nitrogens with one attached hydrogen (secondary N) is 1. The van der Waals surface area contributed by atoms with E-state index in [2.05, 4.69) is 17.4 Å². The lowest BCUT2D eigenvalue weighted by Crippen LogP contribution is -2.27. The van der Waals surface area contributed by atoms with Gasteiger partial charge >= 0.3 is 0 Å². The molecule has 0 saturated carbocycles. The highest BCUT2D eigenvalue weighted by Gasteiger charge is 2.14. The van der Waals surface area contributed by atoms with Crippen LogP contribution in [0.2, 0.25) is 0 Å². The zero-order chi connectivity index (χ0) is 19.2. The third kappa shape index (κ3) is 4.43. The maximum absolute atomic E-state index is 12.6. The first-order chi connectivity index (χ1) is 13.8. The van der Waals surface area contributed by atoms with Gasteiger partial charge in [-0.3, -0.25) is 4.79 Å². The SMILES string of the molecule is O=C(Cn1c(SCc2ccccc2)nc2ccccc21)NCc1ccccc1. The number of amides is 1. The number of imidazole rings is 1. The molecule has 0 aliphatic rings. The smallest absolute Gasteiger partial charge is 0.240 e. The molecular weight excluding hydrogens is 366 g/mol. The Morgan fingerprint density at radius 2 is 1.50 bits per heavy atom. The number of hydrogen-bond acceptors (Lipinski definition) is 3. The molecule has 4 rings (SSSR count). The fraction of sp³-hybridized carbons (Fsp3) is 0.130. The molecule has 4 aromatic rings. The predicted octanol–water partition coefficient (Wildman–Crippen LogP) is 4.65. The zero-order valence-electron chi connectivity index (χ0n) is 15.4. The molecule has 0 aliphatic carbocycles. The number of aromatic nitrogens is 2. The van der Waals surface area contributed by atoms with E-state index in [1.165, 1.54) is 5.56 Å². The second-order valence-corrected chi connectivity index (χ2v) is 7.45. The highest BCUT2D eigenvalue weighted by Crippen LogP contribution is 2.26. The van der Waals surface area contributed by atoms with E-state index in [1.54, 1.807) is 11.8 Å². The first-order valence-electron chi connectivity index (χ1n) is 9.22. The summed E-state index contributed by atoms with van der Waals surface area (Å²) in [5.41, 5.74) is 4.21. The summed E-state index contributed by atoms with van der Waals surface area (Å²) in [6, 6.07) is 28.2. The first kappa shape index (κ1) is 18.3. The minimum absolute atomic E-state index is 0.0198. The van der Waals surface area contributed by atoms with Gasteiger partial charge in [-0.1, -0.05) is 84.6 Å². The second-order valence-electron chi connectivity index (χ2n) is 6.51. The standard InChI is InChI=1S/C23H21N3OS/c27-22(24-15-18-9-3-1-4-10-18)16-26-21-14-8-7-13-20(21)25-23(26)28-17-19-11-5-2-6-12-19/h1-14H,15-17H2,(H,24,27). The van der Waals surface area contributed by atoms with Crippen molar-refractivity contribution in [1.82, 2.24) is 14.9 Å². The summed E-state index contributed by atoms with van der Waals surface area (Å²) in [6.07, 6.45) is 0. The predicted molar refractivity (Wildman–Crippen MR) is 114 cm³/mol. The maximum Gasteiger partial charge on any atom is 0.240 e. The monoisotopic (exact) mass is 387 g/mol. The number of carbonyl (C=O) groups excluding carboxylic acids is 1. The third-order valence-electron chi connectivity index (χ3n) is 4.46. The number of nitrogens with zero attached hydrogens (tertiary/aromatic N) is 2. The van der Waals surface area contributed by atoms with E-state index in [0.29, 0.717) is 6.54 Å². The molecule has 0 bridgehead atoms. The summed E-state index contributed by atoms with van der Waals surface area (Å²) < 4.78 is 2.00. The molecular formula is C23H21N3OS. The van der Waals surface area contributed by atoms with Crippen molar-refractivity contribution in [3.05, 3.63) is 96.1 Å². The van der Waals surface area contributed by atoms with Gasteiger partial charge < -0.3 is 9.88 Å². The van der Waals surface area contributed by atoms with Gasteiger partial charge in [0.05, 0.1) is 11.0 Å². The molecule has 0 unspecified atom stereocenters. The average molecular weight is 388 g/mol. The summed E-state index contributed by atoms with van der Waals surface area (Å²) in [6.45, 7) is 0.781. The minimum atomic E-state index is -0.0198. The van der Waals surface area contributed by atoms with Crippen molar-refractivity contribution in [2.24, 2.45) is 0 Å². The van der Waals surface area contributed by atoms with Crippen molar-refractivity contribution < 1.29 is 4.79 Å². The summed E-state index contributed by atoms with van der Waals surface area (Å²) >= 11 is 1.65. The van der Waals surface area contributed by atoms with Gasteiger partial charge in [-0.2, -0.15) is 0 Å². The molecule has 4 nitrogen and oxygen atoms in total. The third-order valence-corrected chi connectivity index (χ3v) is 5.51. The molecule has 3 aromatic carbocycles. The normalized spacial score (nSPS) is 10.9. The van der Waals surface area contributed by atoms with Gasteiger partial charge in [0.25, 0.3) is 0 Å². The fourth-order valence-corrected chi connectivity index (χ4v) is 4.00. The van der Waals surface area contributed by atoms with Crippen LogP contribution in [-0.4, -0.2) is 15.5 Å². The quantitative estimate of drug-likeness (QED) is 0.470. The minimum Gasteiger partial charge on any atom is -0.350 e. The van der Waals surface area contributed by atoms with E-state index in [1.807, 2.05) is 77.4 Å². The lowest BCUT2D eigenvalue weighted by Gasteiger charge is -2.10. The Labute approximate surface area is 168 Å². The average Bonchev–Trinajstić information content (AvgIpc) is 3.10. The van der Waals surface area contributed by atoms with Gasteiger partial charge in [-0.15, -0.1) is 0 Å². The molecule has 0 saturated heterocycles. The molecule has 0 fully saturated rings. The van der Waals surface area contributed by atoms with Crippen LogP contribution in [0.4, 0.5) is 0 Å². The summed E-state index contributed by atoms with van der Waals surface area (Å²) in [5.74, 6) is 0.795. The van der Waals surface area contributed by atoms with Crippen molar-refractivity contribution in [3.63, 3.8) is 0 Å². The van der Waals surface area contributed by atoms with E-state index in [-0.39, 0.29) is 12.5 Å². The fourth-order valence-electron chi connectivity index (χ4n) is 3.03. The van der Waals surface area contributed by atoms with Crippen LogP contribution in [0.25, 0.3) is 11.0 Å². The van der Waals surface area contributed by atoms with E-state index < -0.39 is 0 Å². The molecule has 0 atom stereocenters. The van der Waals surface area contributed by atoms with E-state index in [9.17, 15) is 4.79 Å². The first-order valence-corrected chi connectivity index (χ1v) is 10.2. The van der Waals surface area contributed by atoms with Crippen LogP contribution in [0, 0.1) is 0 Å². The largest absolute Gasteiger partial charge is 0.350 e. The van der Waals surface area contributed by atoms with Crippen LogP contribution < -0.4 is 5.32 Å². The van der Waals surface area contributed by atoms with Crippen molar-refractivity contribution in [3.8, 4) is 0 Å². The zero-order valence-corrected chi connectivity index (χ0v) is 16.2. The van der Waals surface area contributed by atoms with E-state index in [0.717, 1.165) is 27.5 Å². The topological polar surface area (TPSA) is 46.9 Å². The molecule has 0 radical (unpaired) electrons. The van der Waals surface area contributed by atoms with Crippen LogP contribution in [0.15, 0.2) is 90.1 Å². The highest BCUT2D eigenvalue weighted by molar-refractivity contribution is 7.98. The number of thioether (sulfide) groups is 1. The number of hydrogen-bond donors (Lipinski definition) is 1. The van der Waals surface area contributed by atoms with Gasteiger partial charge in [0, 0.05) is 12.3 Å². The van der Waals surface area contributed by atoms with Crippen LogP contribution in [0.1, 0.15) is 11.1 Å². The van der Waals surface area contributed by atoms with E-state index >= 15 is 0 Å². The van der Waals surface area contributed by atoms with E-state index in [4.69, 9.17) is 4.98 Å². The number of para-hydroxylation sites is 2. The van der Waals surface area contributed by atoms with Crippen LogP contribution in [0.5, 0.6) is 0 Å². The van der Waals surface area contributed by atoms with Crippen molar-refractivity contribution in [2.45, 2.75) is 24.0 Å². The molecule has 0 spiro atoms. The number of rotatable bonds is 7. The number of carbonyl (C=O) groups is 1. The Balaban J connectivity index is 1.50. The molecule has 0 aliphatic heterocycles. The maximum atomic E-state index is 12.6. The van der Waals surface area contributed by atoms with Gasteiger partial charge in [0.2, 0.25) is 5.91 Å². The Morgan fingerprint density at radius 1 is 0.857 bits per heavy atom. The molecule has 140 valence electrons. The molecule has 1 aromatic heterocycles. The summed E-state index contributed by atoms with van der Waals surface area (Å²) in [7, 11) is 0. The molecule has 1 heterocycles. The lowest BCUT2D eigenvalue weighted by atomic mass is 10.2. The molecule has 28 heavy (non-hydrogen) atoms.